The van der Waals surface area contributed by atoms with Gasteiger partial charge in [0.1, 0.15) is 12.0 Å². The van der Waals surface area contributed by atoms with Crippen LogP contribution >= 0.6 is 0 Å². The van der Waals surface area contributed by atoms with E-state index in [1.807, 2.05) is 4.90 Å². The van der Waals surface area contributed by atoms with Crippen molar-refractivity contribution in [3.8, 4) is 0 Å². The van der Waals surface area contributed by atoms with Crippen molar-refractivity contribution in [2.45, 2.75) is 13.8 Å². The third-order valence-corrected chi connectivity index (χ3v) is 3.55. The number of pyridine rings is 1. The maximum atomic E-state index is 10.9. The molecule has 1 aliphatic rings. The Morgan fingerprint density at radius 2 is 2.26 bits per heavy atom. The molecule has 7 nitrogen and oxygen atoms in total. The van der Waals surface area contributed by atoms with Gasteiger partial charge in [0.2, 0.25) is 0 Å². The van der Waals surface area contributed by atoms with Crippen molar-refractivity contribution in [3.63, 3.8) is 0 Å². The normalized spacial score (nSPS) is 16.8. The number of hydrogen-bond donors (Lipinski definition) is 1. The number of carboxylic acids is 1. The molecule has 1 unspecified atom stereocenters. The van der Waals surface area contributed by atoms with Gasteiger partial charge in [-0.3, -0.25) is 14.9 Å². The van der Waals surface area contributed by atoms with Crippen molar-refractivity contribution in [3.05, 3.63) is 27.9 Å². The number of carboxylic acid groups (broad SMARTS) is 1. The van der Waals surface area contributed by atoms with E-state index in [0.717, 1.165) is 5.56 Å². The minimum absolute atomic E-state index is 0.0303. The average molecular weight is 265 g/mol. The van der Waals surface area contributed by atoms with E-state index in [1.165, 1.54) is 12.3 Å². The summed E-state index contributed by atoms with van der Waals surface area (Å²) in [5, 5.41) is 19.5. The highest BCUT2D eigenvalue weighted by Gasteiger charge is 2.36. The van der Waals surface area contributed by atoms with E-state index in [-0.39, 0.29) is 17.5 Å². The maximum Gasteiger partial charge on any atom is 0.306 e. The number of aliphatic carboxylic acids is 1. The molecule has 2 heterocycles. The molecule has 0 radical (unpaired) electrons. The lowest BCUT2D eigenvalue weighted by atomic mass is 9.87. The Kier molecular flexibility index (Phi) is 3.37. The zero-order valence-electron chi connectivity index (χ0n) is 10.7. The van der Waals surface area contributed by atoms with Crippen LogP contribution in [-0.4, -0.2) is 34.1 Å². The van der Waals surface area contributed by atoms with Gasteiger partial charge < -0.3 is 10.0 Å². The molecule has 1 fully saturated rings. The van der Waals surface area contributed by atoms with Crippen molar-refractivity contribution < 1.29 is 14.8 Å². The Balaban J connectivity index is 2.06. The van der Waals surface area contributed by atoms with Crippen LogP contribution in [-0.2, 0) is 4.79 Å². The van der Waals surface area contributed by atoms with Gasteiger partial charge in [-0.25, -0.2) is 4.98 Å². The molecule has 0 bridgehead atoms. The first-order valence-corrected chi connectivity index (χ1v) is 5.99. The molecule has 1 aliphatic heterocycles. The second kappa shape index (κ2) is 4.83. The third kappa shape index (κ3) is 2.49. The molecule has 1 aromatic rings. The molecule has 0 aliphatic carbocycles. The summed E-state index contributed by atoms with van der Waals surface area (Å²) in [5.41, 5.74) is 0.702. The lowest BCUT2D eigenvalue weighted by Gasteiger charge is -2.42. The molecule has 1 atom stereocenters. The van der Waals surface area contributed by atoms with E-state index >= 15 is 0 Å². The van der Waals surface area contributed by atoms with Crippen molar-refractivity contribution in [2.75, 3.05) is 18.0 Å². The number of rotatable bonds is 4. The Labute approximate surface area is 110 Å². The second-order valence-corrected chi connectivity index (χ2v) is 4.88. The SMILES string of the molecule is Cc1cc([N+](=O)[O-])cnc1N1CC(C(C)C(=O)O)C1. The quantitative estimate of drug-likeness (QED) is 0.653. The molecule has 0 saturated carbocycles. The summed E-state index contributed by atoms with van der Waals surface area (Å²) in [6, 6.07) is 1.48. The number of anilines is 1. The summed E-state index contributed by atoms with van der Waals surface area (Å²) in [6.07, 6.45) is 1.23. The number of aromatic nitrogens is 1. The molecule has 0 spiro atoms. The monoisotopic (exact) mass is 265 g/mol. The molecular formula is C12H15N3O4. The van der Waals surface area contributed by atoms with Gasteiger partial charge >= 0.3 is 5.97 Å². The molecule has 1 N–H and O–H groups in total. The molecule has 1 saturated heterocycles. The van der Waals surface area contributed by atoms with Gasteiger partial charge in [-0.05, 0) is 12.5 Å². The molecule has 102 valence electrons. The summed E-state index contributed by atoms with van der Waals surface area (Å²) >= 11 is 0. The van der Waals surface area contributed by atoms with Crippen LogP contribution in [0.5, 0.6) is 0 Å². The molecule has 1 aromatic heterocycles. The van der Waals surface area contributed by atoms with Crippen LogP contribution in [0.2, 0.25) is 0 Å². The Hall–Kier alpha value is -2.18. The largest absolute Gasteiger partial charge is 0.481 e. The van der Waals surface area contributed by atoms with Crippen LogP contribution in [0.3, 0.4) is 0 Å². The Bertz CT molecular complexity index is 526. The van der Waals surface area contributed by atoms with Crippen molar-refractivity contribution in [2.24, 2.45) is 11.8 Å². The number of nitro groups is 1. The van der Waals surface area contributed by atoms with E-state index in [2.05, 4.69) is 4.98 Å². The van der Waals surface area contributed by atoms with E-state index in [0.29, 0.717) is 18.9 Å². The van der Waals surface area contributed by atoms with Crippen LogP contribution < -0.4 is 4.90 Å². The average Bonchev–Trinajstić information content (AvgIpc) is 2.28. The predicted octanol–water partition coefficient (Wildman–Crippen LogP) is 1.46. The fourth-order valence-electron chi connectivity index (χ4n) is 2.19. The van der Waals surface area contributed by atoms with E-state index in [9.17, 15) is 14.9 Å². The zero-order valence-corrected chi connectivity index (χ0v) is 10.7. The standard InChI is InChI=1S/C12H15N3O4/c1-7-3-10(15(18)19)4-13-11(7)14-5-9(6-14)8(2)12(16)17/h3-4,8-9H,5-6H2,1-2H3,(H,16,17). The topological polar surface area (TPSA) is 96.6 Å². The van der Waals surface area contributed by atoms with E-state index < -0.39 is 10.9 Å². The molecule has 7 heteroatoms. The van der Waals surface area contributed by atoms with Gasteiger partial charge in [0.05, 0.1) is 10.8 Å². The lowest BCUT2D eigenvalue weighted by Crippen LogP contribution is -2.51. The number of nitrogens with zero attached hydrogens (tertiary/aromatic N) is 3. The fraction of sp³-hybridized carbons (Fsp3) is 0.500. The maximum absolute atomic E-state index is 10.9. The lowest BCUT2D eigenvalue weighted by molar-refractivity contribution is -0.385. The van der Waals surface area contributed by atoms with E-state index in [1.54, 1.807) is 13.8 Å². The van der Waals surface area contributed by atoms with Crippen LogP contribution in [0, 0.1) is 28.9 Å². The second-order valence-electron chi connectivity index (χ2n) is 4.88. The smallest absolute Gasteiger partial charge is 0.306 e. The molecule has 2 rings (SSSR count). The Morgan fingerprint density at radius 1 is 1.63 bits per heavy atom. The van der Waals surface area contributed by atoms with Crippen LogP contribution in [0.25, 0.3) is 0 Å². The van der Waals surface area contributed by atoms with Gasteiger partial charge in [0.25, 0.3) is 5.69 Å². The van der Waals surface area contributed by atoms with Crippen molar-refractivity contribution in [1.82, 2.24) is 4.98 Å². The fourth-order valence-corrected chi connectivity index (χ4v) is 2.19. The first-order chi connectivity index (χ1) is 8.90. The van der Waals surface area contributed by atoms with Gasteiger partial charge in [-0.1, -0.05) is 6.92 Å². The van der Waals surface area contributed by atoms with Gasteiger partial charge in [-0.15, -0.1) is 0 Å². The summed E-state index contributed by atoms with van der Waals surface area (Å²) < 4.78 is 0. The van der Waals surface area contributed by atoms with Gasteiger partial charge in [0.15, 0.2) is 0 Å². The highest BCUT2D eigenvalue weighted by Crippen LogP contribution is 2.31. The molecule has 0 amide bonds. The summed E-state index contributed by atoms with van der Waals surface area (Å²) in [5.74, 6) is -0.374. The molecule has 0 aromatic carbocycles. The molecule has 19 heavy (non-hydrogen) atoms. The highest BCUT2D eigenvalue weighted by molar-refractivity contribution is 5.70. The first kappa shape index (κ1) is 13.3. The van der Waals surface area contributed by atoms with E-state index in [4.69, 9.17) is 5.11 Å². The molecular weight excluding hydrogens is 250 g/mol. The predicted molar refractivity (Wildman–Crippen MR) is 68.1 cm³/mol. The number of aryl methyl sites for hydroxylation is 1. The van der Waals surface area contributed by atoms with Crippen LogP contribution in [0.4, 0.5) is 11.5 Å². The minimum Gasteiger partial charge on any atom is -0.481 e. The third-order valence-electron chi connectivity index (χ3n) is 3.55. The van der Waals surface area contributed by atoms with Gasteiger partial charge in [-0.2, -0.15) is 0 Å². The minimum atomic E-state index is -0.793. The van der Waals surface area contributed by atoms with Crippen LogP contribution in [0.1, 0.15) is 12.5 Å². The highest BCUT2D eigenvalue weighted by atomic mass is 16.6. The summed E-state index contributed by atoms with van der Waals surface area (Å²) in [4.78, 5) is 27.0. The first-order valence-electron chi connectivity index (χ1n) is 5.99. The zero-order chi connectivity index (χ0) is 14.2. The van der Waals surface area contributed by atoms with Crippen molar-refractivity contribution >= 4 is 17.5 Å². The number of hydrogen-bond acceptors (Lipinski definition) is 5. The summed E-state index contributed by atoms with van der Waals surface area (Å²) in [6.45, 7) is 4.71. The van der Waals surface area contributed by atoms with Gasteiger partial charge in [0, 0.05) is 25.1 Å². The van der Waals surface area contributed by atoms with Crippen molar-refractivity contribution in [1.29, 1.82) is 0 Å². The van der Waals surface area contributed by atoms with Crippen LogP contribution in [0.15, 0.2) is 12.3 Å². The number of carbonyl (C=O) groups is 1. The summed E-state index contributed by atoms with van der Waals surface area (Å²) in [7, 11) is 0. The Morgan fingerprint density at radius 3 is 2.74 bits per heavy atom.